The lowest BCUT2D eigenvalue weighted by molar-refractivity contribution is 0.0652. The van der Waals surface area contributed by atoms with E-state index < -0.39 is 6.10 Å². The summed E-state index contributed by atoms with van der Waals surface area (Å²) in [6.45, 7) is 5.60. The first-order valence-electron chi connectivity index (χ1n) is 12.8. The molecular weight excluding hydrogens is 468 g/mol. The molecule has 0 spiro atoms. The topological polar surface area (TPSA) is 63.6 Å². The molecule has 0 aliphatic carbocycles. The van der Waals surface area contributed by atoms with Crippen LogP contribution in [0.25, 0.3) is 0 Å². The van der Waals surface area contributed by atoms with Crippen LogP contribution in [0.1, 0.15) is 22.8 Å². The number of benzene rings is 3. The van der Waals surface area contributed by atoms with Crippen LogP contribution in [0.15, 0.2) is 66.7 Å². The molecular formula is C30H38N2O5. The largest absolute Gasteiger partial charge is 0.496 e. The summed E-state index contributed by atoms with van der Waals surface area (Å²) in [6.07, 6.45) is 0.108. The minimum absolute atomic E-state index is 0.497. The van der Waals surface area contributed by atoms with Gasteiger partial charge in [-0.3, -0.25) is 9.80 Å². The van der Waals surface area contributed by atoms with E-state index in [0.29, 0.717) is 36.0 Å². The van der Waals surface area contributed by atoms with Gasteiger partial charge in [-0.05, 0) is 29.3 Å². The Kier molecular flexibility index (Phi) is 9.65. The van der Waals surface area contributed by atoms with Crippen LogP contribution in [-0.2, 0) is 6.42 Å². The van der Waals surface area contributed by atoms with Crippen LogP contribution in [0.2, 0.25) is 0 Å². The van der Waals surface area contributed by atoms with Crippen LogP contribution in [0, 0.1) is 0 Å². The molecule has 37 heavy (non-hydrogen) atoms. The van der Waals surface area contributed by atoms with E-state index in [1.54, 1.807) is 33.5 Å². The van der Waals surface area contributed by atoms with Crippen molar-refractivity contribution in [3.63, 3.8) is 0 Å². The third-order valence-corrected chi connectivity index (χ3v) is 6.87. The molecule has 198 valence electrons. The maximum absolute atomic E-state index is 11.1. The number of aliphatic hydroxyl groups is 1. The van der Waals surface area contributed by atoms with E-state index in [0.717, 1.165) is 44.9 Å². The normalized spacial score (nSPS) is 15.2. The predicted octanol–water partition coefficient (Wildman–Crippen LogP) is 4.03. The Morgan fingerprint density at radius 3 is 2.08 bits per heavy atom. The molecule has 1 heterocycles. The molecule has 1 fully saturated rings. The van der Waals surface area contributed by atoms with Gasteiger partial charge in [0, 0.05) is 45.7 Å². The molecule has 0 amide bonds. The number of ether oxygens (including phenoxy) is 4. The second-order valence-electron chi connectivity index (χ2n) is 9.19. The Bertz CT molecular complexity index is 1120. The maximum atomic E-state index is 11.1. The highest BCUT2D eigenvalue weighted by atomic mass is 16.5. The summed E-state index contributed by atoms with van der Waals surface area (Å²) in [5, 5.41) is 11.1. The third-order valence-electron chi connectivity index (χ3n) is 6.87. The van der Waals surface area contributed by atoms with Gasteiger partial charge in [0.25, 0.3) is 0 Å². The van der Waals surface area contributed by atoms with Gasteiger partial charge in [0.05, 0.1) is 33.0 Å². The Hall–Kier alpha value is -3.26. The highest BCUT2D eigenvalue weighted by molar-refractivity contribution is 5.55. The standard InChI is InChI=1S/C30H38N2O5/c1-34-27-13-14-28(35-2)30(36-3)29(27)25(33)22-32-17-15-31(16-18-32)19-20-37-26-12-8-7-11-24(26)21-23-9-5-4-6-10-23/h4-14,25,33H,15-22H2,1-3H3. The summed E-state index contributed by atoms with van der Waals surface area (Å²) in [6, 6.07) is 22.3. The number of methoxy groups -OCH3 is 3. The molecule has 3 aromatic carbocycles. The Morgan fingerprint density at radius 2 is 1.38 bits per heavy atom. The number of piperazine rings is 1. The lowest BCUT2D eigenvalue weighted by atomic mass is 10.0. The van der Waals surface area contributed by atoms with E-state index >= 15 is 0 Å². The van der Waals surface area contributed by atoms with Crippen LogP contribution in [0.5, 0.6) is 23.0 Å². The molecule has 1 unspecified atom stereocenters. The molecule has 7 heteroatoms. The number of hydrogen-bond acceptors (Lipinski definition) is 7. The van der Waals surface area contributed by atoms with Crippen molar-refractivity contribution in [1.29, 1.82) is 0 Å². The van der Waals surface area contributed by atoms with Crippen molar-refractivity contribution in [1.82, 2.24) is 9.80 Å². The molecule has 4 rings (SSSR count). The Morgan fingerprint density at radius 1 is 0.730 bits per heavy atom. The molecule has 1 saturated heterocycles. The fourth-order valence-electron chi connectivity index (χ4n) is 4.85. The number of hydrogen-bond donors (Lipinski definition) is 1. The van der Waals surface area contributed by atoms with Crippen LogP contribution in [0.4, 0.5) is 0 Å². The van der Waals surface area contributed by atoms with Gasteiger partial charge in [0.1, 0.15) is 18.1 Å². The molecule has 3 aromatic rings. The van der Waals surface area contributed by atoms with Crippen LogP contribution in [-0.4, -0.2) is 82.1 Å². The highest BCUT2D eigenvalue weighted by Gasteiger charge is 2.26. The first-order chi connectivity index (χ1) is 18.1. The second-order valence-corrected chi connectivity index (χ2v) is 9.19. The molecule has 1 aliphatic heterocycles. The third kappa shape index (κ3) is 6.95. The number of rotatable bonds is 12. The van der Waals surface area contributed by atoms with Gasteiger partial charge in [-0.25, -0.2) is 0 Å². The zero-order valence-electron chi connectivity index (χ0n) is 22.1. The van der Waals surface area contributed by atoms with E-state index in [2.05, 4.69) is 52.3 Å². The second kappa shape index (κ2) is 13.3. The van der Waals surface area contributed by atoms with Crippen LogP contribution >= 0.6 is 0 Å². The molecule has 1 N–H and O–H groups in total. The van der Waals surface area contributed by atoms with Gasteiger partial charge in [0.2, 0.25) is 0 Å². The van der Waals surface area contributed by atoms with Crippen molar-refractivity contribution in [2.75, 3.05) is 67.2 Å². The summed E-state index contributed by atoms with van der Waals surface area (Å²) in [4.78, 5) is 4.69. The molecule has 1 aliphatic rings. The van der Waals surface area contributed by atoms with Crippen molar-refractivity contribution in [3.05, 3.63) is 83.4 Å². The van der Waals surface area contributed by atoms with E-state index in [-0.39, 0.29) is 0 Å². The van der Waals surface area contributed by atoms with E-state index in [1.807, 2.05) is 12.1 Å². The zero-order valence-corrected chi connectivity index (χ0v) is 22.1. The molecule has 0 radical (unpaired) electrons. The molecule has 0 aromatic heterocycles. The summed E-state index contributed by atoms with van der Waals surface area (Å²) >= 11 is 0. The molecule has 7 nitrogen and oxygen atoms in total. The minimum atomic E-state index is -0.754. The van der Waals surface area contributed by atoms with Crippen molar-refractivity contribution in [3.8, 4) is 23.0 Å². The Balaban J connectivity index is 1.26. The van der Waals surface area contributed by atoms with Gasteiger partial charge in [-0.1, -0.05) is 48.5 Å². The van der Waals surface area contributed by atoms with Gasteiger partial charge in [-0.2, -0.15) is 0 Å². The fourth-order valence-corrected chi connectivity index (χ4v) is 4.85. The predicted molar refractivity (Wildman–Crippen MR) is 145 cm³/mol. The average Bonchev–Trinajstić information content (AvgIpc) is 2.94. The van der Waals surface area contributed by atoms with Gasteiger partial charge in [-0.15, -0.1) is 0 Å². The number of para-hydroxylation sites is 1. The smallest absolute Gasteiger partial charge is 0.170 e. The quantitative estimate of drug-likeness (QED) is 0.398. The van der Waals surface area contributed by atoms with Gasteiger partial charge >= 0.3 is 0 Å². The van der Waals surface area contributed by atoms with Gasteiger partial charge < -0.3 is 24.1 Å². The van der Waals surface area contributed by atoms with Crippen molar-refractivity contribution in [2.45, 2.75) is 12.5 Å². The first-order valence-corrected chi connectivity index (χ1v) is 12.8. The number of aliphatic hydroxyl groups excluding tert-OH is 1. The van der Waals surface area contributed by atoms with E-state index in [4.69, 9.17) is 18.9 Å². The van der Waals surface area contributed by atoms with E-state index in [9.17, 15) is 5.11 Å². The number of β-amino-alcohol motifs (C(OH)–C–C–N with tert-alkyl or cyclic N) is 1. The molecule has 0 bridgehead atoms. The maximum Gasteiger partial charge on any atom is 0.170 e. The molecule has 0 saturated carbocycles. The van der Waals surface area contributed by atoms with Crippen LogP contribution in [0.3, 0.4) is 0 Å². The fraction of sp³-hybridized carbons (Fsp3) is 0.400. The molecule has 1 atom stereocenters. The average molecular weight is 507 g/mol. The summed E-state index contributed by atoms with van der Waals surface area (Å²) in [5.74, 6) is 2.63. The lowest BCUT2D eigenvalue weighted by Gasteiger charge is -2.35. The number of nitrogens with zero attached hydrogens (tertiary/aromatic N) is 2. The summed E-state index contributed by atoms with van der Waals surface area (Å²) < 4.78 is 22.7. The van der Waals surface area contributed by atoms with Crippen molar-refractivity contribution < 1.29 is 24.1 Å². The minimum Gasteiger partial charge on any atom is -0.496 e. The van der Waals surface area contributed by atoms with Crippen molar-refractivity contribution in [2.24, 2.45) is 0 Å². The summed E-state index contributed by atoms with van der Waals surface area (Å²) in [5.41, 5.74) is 3.10. The SMILES string of the molecule is COc1ccc(OC)c(C(O)CN2CCN(CCOc3ccccc3Cc3ccccc3)CC2)c1OC. The first kappa shape index (κ1) is 26.8. The van der Waals surface area contributed by atoms with Crippen LogP contribution < -0.4 is 18.9 Å². The van der Waals surface area contributed by atoms with Crippen molar-refractivity contribution >= 4 is 0 Å². The van der Waals surface area contributed by atoms with Gasteiger partial charge in [0.15, 0.2) is 11.5 Å². The lowest BCUT2D eigenvalue weighted by Crippen LogP contribution is -2.48. The zero-order chi connectivity index (χ0) is 26.0. The Labute approximate surface area is 220 Å². The van der Waals surface area contributed by atoms with E-state index in [1.165, 1.54) is 11.1 Å². The monoisotopic (exact) mass is 506 g/mol. The highest BCUT2D eigenvalue weighted by Crippen LogP contribution is 2.41. The summed E-state index contributed by atoms with van der Waals surface area (Å²) in [7, 11) is 4.76.